The van der Waals surface area contributed by atoms with Gasteiger partial charge >= 0.3 is 0 Å². The molecule has 0 amide bonds. The van der Waals surface area contributed by atoms with E-state index in [1.54, 1.807) is 0 Å². The van der Waals surface area contributed by atoms with E-state index < -0.39 is 0 Å². The number of fused-ring (bicyclic) bond motifs is 1. The summed E-state index contributed by atoms with van der Waals surface area (Å²) in [6, 6.07) is 9.67. The van der Waals surface area contributed by atoms with Crippen molar-refractivity contribution in [1.29, 1.82) is 5.26 Å². The summed E-state index contributed by atoms with van der Waals surface area (Å²) in [5, 5.41) is 20.3. The number of hydrogen-bond acceptors (Lipinski definition) is 3. The average Bonchev–Trinajstić information content (AvgIpc) is 2.97. The van der Waals surface area contributed by atoms with Gasteiger partial charge in [0.25, 0.3) is 0 Å². The van der Waals surface area contributed by atoms with Crippen molar-refractivity contribution in [1.82, 2.24) is 9.97 Å². The lowest BCUT2D eigenvalue weighted by Gasteiger charge is -2.35. The molecule has 0 aliphatic carbocycles. The topological polar surface area (TPSA) is 77.1 Å². The molecule has 1 fully saturated rings. The first-order chi connectivity index (χ1) is 11.5. The van der Waals surface area contributed by atoms with Crippen LogP contribution in [0.1, 0.15) is 33.0 Å². The third kappa shape index (κ3) is 3.15. The summed E-state index contributed by atoms with van der Waals surface area (Å²) in [5.74, 6) is 1.85. The Labute approximate surface area is 142 Å². The molecule has 1 aliphatic rings. The van der Waals surface area contributed by atoms with Crippen LogP contribution in [-0.4, -0.2) is 34.2 Å². The van der Waals surface area contributed by atoms with Crippen LogP contribution in [0.4, 0.5) is 0 Å². The molecule has 3 rings (SSSR count). The molecule has 3 N–H and O–H groups in total. The highest BCUT2D eigenvalue weighted by Gasteiger charge is 2.32. The monoisotopic (exact) mass is 325 g/mol. The highest BCUT2D eigenvalue weighted by atomic mass is 16.3. The number of allylic oxidation sites excluding steroid dienone is 1. The van der Waals surface area contributed by atoms with E-state index in [-0.39, 0.29) is 17.4 Å². The fourth-order valence-corrected chi connectivity index (χ4v) is 3.90. The second-order valence-corrected chi connectivity index (χ2v) is 7.21. The summed E-state index contributed by atoms with van der Waals surface area (Å²) >= 11 is 0. The molecule has 1 saturated heterocycles. The lowest BCUT2D eigenvalue weighted by molar-refractivity contribution is -0.931. The summed E-state index contributed by atoms with van der Waals surface area (Å²) in [6.45, 7) is 8.55. The highest BCUT2D eigenvalue weighted by molar-refractivity contribution is 5.82. The Hall–Kier alpha value is -2.32. The number of nitrogens with zero attached hydrogens (tertiary/aromatic N) is 2. The van der Waals surface area contributed by atoms with Crippen molar-refractivity contribution in [2.45, 2.75) is 33.2 Å². The second-order valence-electron chi connectivity index (χ2n) is 7.21. The SMILES string of the molecule is C[C@@H]1C[C@H](C)C[NH+]([C@@H](C)/C(O)=C(\C#N)c2nc3ccccc3[nH]2)C1. The molecule has 24 heavy (non-hydrogen) atoms. The van der Waals surface area contributed by atoms with E-state index >= 15 is 0 Å². The van der Waals surface area contributed by atoms with Gasteiger partial charge in [0.05, 0.1) is 24.1 Å². The van der Waals surface area contributed by atoms with Crippen molar-refractivity contribution in [3.05, 3.63) is 35.8 Å². The van der Waals surface area contributed by atoms with Crippen LogP contribution in [0.3, 0.4) is 0 Å². The van der Waals surface area contributed by atoms with E-state index in [2.05, 4.69) is 29.9 Å². The fourth-order valence-electron chi connectivity index (χ4n) is 3.90. The Morgan fingerprint density at radius 3 is 2.62 bits per heavy atom. The number of imidazole rings is 1. The molecule has 4 atom stereocenters. The van der Waals surface area contributed by atoms with E-state index in [4.69, 9.17) is 0 Å². The third-order valence-corrected chi connectivity index (χ3v) is 5.04. The van der Waals surface area contributed by atoms with Gasteiger partial charge in [0.1, 0.15) is 17.7 Å². The number of nitrogens with one attached hydrogen (secondary N) is 2. The van der Waals surface area contributed by atoms with Crippen molar-refractivity contribution in [2.24, 2.45) is 11.8 Å². The van der Waals surface area contributed by atoms with Crippen molar-refractivity contribution >= 4 is 16.6 Å². The first-order valence-electron chi connectivity index (χ1n) is 8.62. The summed E-state index contributed by atoms with van der Waals surface area (Å²) in [6.07, 6.45) is 1.23. The number of aliphatic hydroxyl groups excluding tert-OH is 1. The maximum absolute atomic E-state index is 10.8. The number of aliphatic hydroxyl groups is 1. The smallest absolute Gasteiger partial charge is 0.172 e. The fraction of sp³-hybridized carbons (Fsp3) is 0.474. The summed E-state index contributed by atoms with van der Waals surface area (Å²) in [7, 11) is 0. The minimum Gasteiger partial charge on any atom is -0.505 e. The number of piperidine rings is 1. The van der Waals surface area contributed by atoms with E-state index in [1.165, 1.54) is 11.3 Å². The molecule has 1 aromatic carbocycles. The van der Waals surface area contributed by atoms with Gasteiger partial charge in [-0.05, 0) is 25.5 Å². The van der Waals surface area contributed by atoms with Crippen LogP contribution in [0.2, 0.25) is 0 Å². The molecule has 1 unspecified atom stereocenters. The van der Waals surface area contributed by atoms with Crippen molar-refractivity contribution < 1.29 is 10.0 Å². The molecule has 2 heterocycles. The minimum absolute atomic E-state index is 0.113. The molecule has 5 nitrogen and oxygen atoms in total. The number of likely N-dealkylation sites (tertiary alicyclic amines) is 1. The van der Waals surface area contributed by atoms with Gasteiger partial charge in [0, 0.05) is 11.8 Å². The minimum atomic E-state index is -0.113. The van der Waals surface area contributed by atoms with Gasteiger partial charge in [-0.1, -0.05) is 26.0 Å². The van der Waals surface area contributed by atoms with Gasteiger partial charge < -0.3 is 15.0 Å². The van der Waals surface area contributed by atoms with Crippen molar-refractivity contribution in [3.8, 4) is 6.07 Å². The Bertz CT molecular complexity index is 758. The van der Waals surface area contributed by atoms with E-state index in [1.807, 2.05) is 31.2 Å². The van der Waals surface area contributed by atoms with Gasteiger partial charge in [-0.3, -0.25) is 0 Å². The Morgan fingerprint density at radius 1 is 1.33 bits per heavy atom. The molecule has 0 bridgehead atoms. The predicted octanol–water partition coefficient (Wildman–Crippen LogP) is 2.30. The number of aromatic amines is 1. The maximum atomic E-state index is 10.8. The van der Waals surface area contributed by atoms with E-state index in [0.717, 1.165) is 24.1 Å². The summed E-state index contributed by atoms with van der Waals surface area (Å²) < 4.78 is 0. The number of quaternary nitrogens is 1. The Kier molecular flexibility index (Phi) is 4.59. The third-order valence-electron chi connectivity index (χ3n) is 5.04. The van der Waals surface area contributed by atoms with Crippen LogP contribution < -0.4 is 4.90 Å². The zero-order valence-corrected chi connectivity index (χ0v) is 14.5. The molecule has 5 heteroatoms. The van der Waals surface area contributed by atoms with Gasteiger partial charge in [-0.25, -0.2) is 4.98 Å². The number of para-hydroxylation sites is 2. The van der Waals surface area contributed by atoms with Gasteiger partial charge in [0.15, 0.2) is 11.6 Å². The molecule has 0 spiro atoms. The van der Waals surface area contributed by atoms with Crippen molar-refractivity contribution in [3.63, 3.8) is 0 Å². The number of nitriles is 1. The molecule has 1 aliphatic heterocycles. The Morgan fingerprint density at radius 2 is 2.00 bits per heavy atom. The highest BCUT2D eigenvalue weighted by Crippen LogP contribution is 2.20. The second kappa shape index (κ2) is 6.66. The maximum Gasteiger partial charge on any atom is 0.172 e. The zero-order valence-electron chi connectivity index (χ0n) is 14.5. The molecule has 1 aromatic heterocycles. The van der Waals surface area contributed by atoms with Crippen molar-refractivity contribution in [2.75, 3.05) is 13.1 Å². The van der Waals surface area contributed by atoms with Crippen LogP contribution in [0, 0.1) is 23.2 Å². The van der Waals surface area contributed by atoms with Crippen LogP contribution in [0.15, 0.2) is 30.0 Å². The molecule has 0 saturated carbocycles. The van der Waals surface area contributed by atoms with Gasteiger partial charge in [0.2, 0.25) is 0 Å². The van der Waals surface area contributed by atoms with Crippen LogP contribution in [0.5, 0.6) is 0 Å². The number of aromatic nitrogens is 2. The number of rotatable bonds is 3. The Balaban J connectivity index is 1.93. The van der Waals surface area contributed by atoms with E-state index in [0.29, 0.717) is 17.7 Å². The predicted molar refractivity (Wildman–Crippen MR) is 94.4 cm³/mol. The first kappa shape index (κ1) is 16.5. The molecule has 0 radical (unpaired) electrons. The molecule has 2 aromatic rings. The molecular formula is C19H25N4O+. The zero-order chi connectivity index (χ0) is 17.3. The summed E-state index contributed by atoms with van der Waals surface area (Å²) in [5.41, 5.74) is 1.92. The standard InChI is InChI=1S/C19H24N4O/c1-12-8-13(2)11-23(10-12)14(3)18(24)15(9-20)19-21-16-6-4-5-7-17(16)22-19/h4-7,12-14,24H,8,10-11H2,1-3H3,(H,21,22)/p+1/b18-15-/t12-,13+,14-/m0/s1. The van der Waals surface area contributed by atoms with Crippen LogP contribution in [0.25, 0.3) is 16.6 Å². The molecule has 126 valence electrons. The number of H-pyrrole nitrogens is 1. The lowest BCUT2D eigenvalue weighted by atomic mass is 9.90. The van der Waals surface area contributed by atoms with Gasteiger partial charge in [-0.15, -0.1) is 0 Å². The van der Waals surface area contributed by atoms with Crippen LogP contribution >= 0.6 is 0 Å². The first-order valence-corrected chi connectivity index (χ1v) is 8.62. The lowest BCUT2D eigenvalue weighted by Crippen LogP contribution is -3.17. The number of benzene rings is 1. The normalized spacial score (nSPS) is 26.7. The van der Waals surface area contributed by atoms with E-state index in [9.17, 15) is 10.4 Å². The average molecular weight is 325 g/mol. The largest absolute Gasteiger partial charge is 0.505 e. The summed E-state index contributed by atoms with van der Waals surface area (Å²) in [4.78, 5) is 8.94. The van der Waals surface area contributed by atoms with Gasteiger partial charge in [-0.2, -0.15) is 5.26 Å². The van der Waals surface area contributed by atoms with Crippen LogP contribution in [-0.2, 0) is 0 Å². The molecular weight excluding hydrogens is 300 g/mol. The quantitative estimate of drug-likeness (QED) is 0.598. The number of hydrogen-bond donors (Lipinski definition) is 3.